The van der Waals surface area contributed by atoms with Gasteiger partial charge in [0.1, 0.15) is 6.04 Å². The Balaban J connectivity index is 2.67. The Bertz CT molecular complexity index is 923. The number of carbonyl (C=O) groups excluding carboxylic acids is 3. The topological polar surface area (TPSA) is 252 Å². The second-order valence-corrected chi connectivity index (χ2v) is 11.3. The van der Waals surface area contributed by atoms with Gasteiger partial charge in [-0.15, -0.1) is 0 Å². The molecule has 1 aliphatic rings. The van der Waals surface area contributed by atoms with Gasteiger partial charge >= 0.3 is 17.9 Å². The van der Waals surface area contributed by atoms with Gasteiger partial charge in [-0.2, -0.15) is 0 Å². The van der Waals surface area contributed by atoms with E-state index in [4.69, 9.17) is 11.5 Å². The van der Waals surface area contributed by atoms with Crippen molar-refractivity contribution in [2.24, 2.45) is 11.5 Å². The van der Waals surface area contributed by atoms with Gasteiger partial charge in [0.15, 0.2) is 0 Å². The van der Waals surface area contributed by atoms with Crippen molar-refractivity contribution in [1.29, 1.82) is 0 Å². The molecule has 3 amide bonds. The quantitative estimate of drug-likeness (QED) is 0.0663. The van der Waals surface area contributed by atoms with Gasteiger partial charge in [-0.3, -0.25) is 48.4 Å². The van der Waals surface area contributed by atoms with E-state index in [1.165, 1.54) is 0 Å². The summed E-state index contributed by atoms with van der Waals surface area (Å²) in [7, 11) is 0. The van der Waals surface area contributed by atoms with Crippen LogP contribution in [0, 0.1) is 0 Å². The Kier molecular flexibility index (Phi) is 20.3. The van der Waals surface area contributed by atoms with Crippen molar-refractivity contribution in [3.8, 4) is 0 Å². The Hall–Kier alpha value is -3.38. The monoisotopic (exact) mass is 644 g/mol. The summed E-state index contributed by atoms with van der Waals surface area (Å²) >= 11 is 0. The molecule has 1 atom stereocenters. The van der Waals surface area contributed by atoms with Crippen LogP contribution in [0.3, 0.4) is 0 Å². The third-order valence-electron chi connectivity index (χ3n) is 7.40. The molecule has 1 rings (SSSR count). The van der Waals surface area contributed by atoms with E-state index in [0.29, 0.717) is 84.5 Å². The van der Waals surface area contributed by atoms with Crippen LogP contribution in [0.2, 0.25) is 0 Å². The highest BCUT2D eigenvalue weighted by molar-refractivity contribution is 5.86. The third kappa shape index (κ3) is 20.3. The summed E-state index contributed by atoms with van der Waals surface area (Å²) in [5.74, 6) is -4.20. The molecule has 258 valence electrons. The highest BCUT2D eigenvalue weighted by Crippen LogP contribution is 2.05. The number of nitrogens with two attached hydrogens (primary N) is 2. The Morgan fingerprint density at radius 1 is 0.600 bits per heavy atom. The van der Waals surface area contributed by atoms with Gasteiger partial charge in [-0.25, -0.2) is 0 Å². The Labute approximate surface area is 264 Å². The van der Waals surface area contributed by atoms with Crippen molar-refractivity contribution >= 4 is 35.6 Å². The molecule has 1 fully saturated rings. The molecule has 1 saturated heterocycles. The number of primary amides is 1. The van der Waals surface area contributed by atoms with Gasteiger partial charge < -0.3 is 37.4 Å². The molecule has 1 unspecified atom stereocenters. The van der Waals surface area contributed by atoms with E-state index < -0.39 is 29.9 Å². The van der Waals surface area contributed by atoms with Crippen molar-refractivity contribution in [2.45, 2.75) is 51.0 Å². The predicted octanol–water partition coefficient (Wildman–Crippen LogP) is -2.76. The lowest BCUT2D eigenvalue weighted by atomic mass is 10.1. The fourth-order valence-corrected chi connectivity index (χ4v) is 4.90. The number of nitrogens with zero attached hydrogens (tertiary/aromatic N) is 4. The number of carbonyl (C=O) groups is 6. The zero-order chi connectivity index (χ0) is 33.6. The average Bonchev–Trinajstić information content (AvgIpc) is 2.95. The molecule has 0 aromatic rings. The van der Waals surface area contributed by atoms with Crippen LogP contribution < -0.4 is 22.1 Å². The number of carboxylic acid groups (broad SMARTS) is 3. The number of hydrogen-bond donors (Lipinski definition) is 7. The number of nitrogens with one attached hydrogen (secondary N) is 2. The van der Waals surface area contributed by atoms with Crippen LogP contribution in [-0.4, -0.2) is 168 Å². The first-order valence-electron chi connectivity index (χ1n) is 15.5. The van der Waals surface area contributed by atoms with Crippen molar-refractivity contribution in [3.05, 3.63) is 0 Å². The van der Waals surface area contributed by atoms with Gasteiger partial charge in [-0.1, -0.05) is 6.42 Å². The summed E-state index contributed by atoms with van der Waals surface area (Å²) in [6, 6.07) is -0.788. The van der Waals surface area contributed by atoms with E-state index in [1.54, 1.807) is 14.7 Å². The predicted molar refractivity (Wildman–Crippen MR) is 164 cm³/mol. The maximum atomic E-state index is 12.8. The van der Waals surface area contributed by atoms with E-state index in [1.807, 2.05) is 4.90 Å². The maximum Gasteiger partial charge on any atom is 0.317 e. The summed E-state index contributed by atoms with van der Waals surface area (Å²) in [5.41, 5.74) is 10.9. The highest BCUT2D eigenvalue weighted by atomic mass is 16.4. The first-order chi connectivity index (χ1) is 21.4. The number of carboxylic acids is 3. The highest BCUT2D eigenvalue weighted by Gasteiger charge is 2.21. The molecular formula is C28H52N8O9. The van der Waals surface area contributed by atoms with Crippen molar-refractivity contribution in [3.63, 3.8) is 0 Å². The summed E-state index contributed by atoms with van der Waals surface area (Å²) in [6.45, 7) is 2.64. The molecule has 0 bridgehead atoms. The fraction of sp³-hybridized carbons (Fsp3) is 0.786. The summed E-state index contributed by atoms with van der Waals surface area (Å²) in [6.07, 6.45) is 4.06. The molecule has 17 nitrogen and oxygen atoms in total. The van der Waals surface area contributed by atoms with E-state index in [9.17, 15) is 44.1 Å². The molecule has 9 N–H and O–H groups in total. The molecule has 1 aliphatic heterocycles. The summed E-state index contributed by atoms with van der Waals surface area (Å²) in [5, 5.41) is 33.5. The third-order valence-corrected chi connectivity index (χ3v) is 7.40. The lowest BCUT2D eigenvalue weighted by Crippen LogP contribution is -2.49. The van der Waals surface area contributed by atoms with E-state index >= 15 is 0 Å². The molecule has 0 saturated carbocycles. The van der Waals surface area contributed by atoms with Crippen LogP contribution in [0.4, 0.5) is 0 Å². The molecule has 0 aromatic carbocycles. The fourth-order valence-electron chi connectivity index (χ4n) is 4.90. The number of hydrogen-bond acceptors (Lipinski definition) is 11. The van der Waals surface area contributed by atoms with E-state index in [2.05, 4.69) is 10.6 Å². The zero-order valence-electron chi connectivity index (χ0n) is 26.2. The minimum absolute atomic E-state index is 0.0110. The van der Waals surface area contributed by atoms with Crippen LogP contribution in [0.15, 0.2) is 0 Å². The van der Waals surface area contributed by atoms with Gasteiger partial charge in [-0.05, 0) is 38.6 Å². The van der Waals surface area contributed by atoms with Gasteiger partial charge in [0.05, 0.1) is 26.2 Å². The van der Waals surface area contributed by atoms with Gasteiger partial charge in [0.2, 0.25) is 17.7 Å². The molecule has 45 heavy (non-hydrogen) atoms. The average molecular weight is 645 g/mol. The number of amides is 3. The smallest absolute Gasteiger partial charge is 0.317 e. The lowest BCUT2D eigenvalue weighted by molar-refractivity contribution is -0.140. The Morgan fingerprint density at radius 3 is 1.44 bits per heavy atom. The van der Waals surface area contributed by atoms with Crippen molar-refractivity contribution < 1.29 is 44.1 Å². The van der Waals surface area contributed by atoms with Crippen LogP contribution in [0.25, 0.3) is 0 Å². The first kappa shape index (κ1) is 39.6. The first-order valence-corrected chi connectivity index (χ1v) is 15.5. The molecular weight excluding hydrogens is 592 g/mol. The lowest BCUT2D eigenvalue weighted by Gasteiger charge is -2.32. The second-order valence-electron chi connectivity index (χ2n) is 11.3. The van der Waals surface area contributed by atoms with Crippen molar-refractivity contribution in [2.75, 3.05) is 91.6 Å². The maximum absolute atomic E-state index is 12.8. The summed E-state index contributed by atoms with van der Waals surface area (Å²) in [4.78, 5) is 77.7. The van der Waals surface area contributed by atoms with Crippen LogP contribution >= 0.6 is 0 Å². The van der Waals surface area contributed by atoms with Crippen molar-refractivity contribution in [1.82, 2.24) is 30.2 Å². The molecule has 0 aliphatic carbocycles. The second kappa shape index (κ2) is 23.0. The van der Waals surface area contributed by atoms with Gasteiger partial charge in [0, 0.05) is 65.3 Å². The minimum atomic E-state index is -1.03. The molecule has 1 heterocycles. The van der Waals surface area contributed by atoms with E-state index in [0.717, 1.165) is 12.8 Å². The van der Waals surface area contributed by atoms with Crippen LogP contribution in [0.1, 0.15) is 44.9 Å². The molecule has 0 radical (unpaired) electrons. The number of unbranched alkanes of at least 4 members (excludes halogenated alkanes) is 3. The van der Waals surface area contributed by atoms with E-state index in [-0.39, 0.29) is 51.1 Å². The largest absolute Gasteiger partial charge is 0.480 e. The van der Waals surface area contributed by atoms with Crippen LogP contribution in [-0.2, 0) is 28.8 Å². The Morgan fingerprint density at radius 2 is 1.04 bits per heavy atom. The molecule has 0 aromatic heterocycles. The summed E-state index contributed by atoms with van der Waals surface area (Å²) < 4.78 is 0. The number of aliphatic carboxylic acids is 3. The normalized spacial score (nSPS) is 17.0. The molecule has 0 spiro atoms. The molecule has 17 heteroatoms. The standard InChI is InChI=1S/C28H52N8O9/c29-8-4-1-2-7-23(37)32-22(28(30)45)6-3-5-9-31-24(38)18-33-10-12-34(19-25(39)40)14-16-36(21-27(43)44)17-15-35(13-11-33)20-26(41)42/h22H,1-21,29H2,(H2,30,45)(H,31,38)(H,32,37)(H,39,40)(H,41,42)(H,43,44). The number of rotatable bonds is 20. The van der Waals surface area contributed by atoms with Gasteiger partial charge in [0.25, 0.3) is 0 Å². The zero-order valence-corrected chi connectivity index (χ0v) is 26.2. The SMILES string of the molecule is NCCCCCC(=O)NC(CCCCNC(=O)CN1CCN(CC(=O)O)CCN(CC(=O)O)CCN(CC(=O)O)CC1)C(N)=O. The van der Waals surface area contributed by atoms with Crippen LogP contribution in [0.5, 0.6) is 0 Å². The minimum Gasteiger partial charge on any atom is -0.480 e.